The molecule has 2 rings (SSSR count). The van der Waals surface area contributed by atoms with Gasteiger partial charge in [0.1, 0.15) is 5.60 Å². The Hall–Kier alpha value is -0.770. The molecule has 0 aromatic carbocycles. The summed E-state index contributed by atoms with van der Waals surface area (Å²) < 4.78 is 5.27. The molecule has 1 aliphatic heterocycles. The van der Waals surface area contributed by atoms with E-state index in [4.69, 9.17) is 4.74 Å². The highest BCUT2D eigenvalue weighted by atomic mass is 16.6. The molecule has 1 amide bonds. The highest BCUT2D eigenvalue weighted by Crippen LogP contribution is 2.40. The summed E-state index contributed by atoms with van der Waals surface area (Å²) in [5.41, 5.74) is -0.409. The van der Waals surface area contributed by atoms with Gasteiger partial charge in [0, 0.05) is 6.54 Å². The van der Waals surface area contributed by atoms with Crippen molar-refractivity contribution in [3.63, 3.8) is 0 Å². The topological polar surface area (TPSA) is 50.4 Å². The normalized spacial score (nSPS) is 27.8. The highest BCUT2D eigenvalue weighted by Gasteiger charge is 2.34. The summed E-state index contributed by atoms with van der Waals surface area (Å²) in [5.74, 6) is 2.50. The number of alkyl carbamates (subject to hydrolysis) is 1. The summed E-state index contributed by atoms with van der Waals surface area (Å²) in [6.45, 7) is 8.72. The van der Waals surface area contributed by atoms with E-state index in [-0.39, 0.29) is 6.09 Å². The first-order valence-electron chi connectivity index (χ1n) is 8.13. The molecule has 1 heterocycles. The minimum absolute atomic E-state index is 0.286. The SMILES string of the molecule is CC(C)(C)OC(=O)NCCC1CCNCC1C1CCC1. The van der Waals surface area contributed by atoms with Gasteiger partial charge in [-0.25, -0.2) is 4.79 Å². The third-order valence-corrected chi connectivity index (χ3v) is 4.62. The maximum Gasteiger partial charge on any atom is 0.407 e. The van der Waals surface area contributed by atoms with Gasteiger partial charge >= 0.3 is 6.09 Å². The van der Waals surface area contributed by atoms with Crippen molar-refractivity contribution >= 4 is 6.09 Å². The van der Waals surface area contributed by atoms with Gasteiger partial charge in [0.05, 0.1) is 0 Å². The summed E-state index contributed by atoms with van der Waals surface area (Å²) in [4.78, 5) is 11.6. The lowest BCUT2D eigenvalue weighted by atomic mass is 9.68. The van der Waals surface area contributed by atoms with Crippen molar-refractivity contribution in [2.45, 2.75) is 58.5 Å². The van der Waals surface area contributed by atoms with E-state index in [1.54, 1.807) is 0 Å². The molecular weight excluding hydrogens is 252 g/mol. The standard InChI is InChI=1S/C16H30N2O2/c1-16(2,3)20-15(19)18-10-8-13-7-9-17-11-14(13)12-5-4-6-12/h12-14,17H,4-11H2,1-3H3,(H,18,19). The number of ether oxygens (including phenoxy) is 1. The first-order chi connectivity index (χ1) is 9.46. The zero-order valence-corrected chi connectivity index (χ0v) is 13.2. The van der Waals surface area contributed by atoms with Crippen molar-refractivity contribution in [2.75, 3.05) is 19.6 Å². The summed E-state index contributed by atoms with van der Waals surface area (Å²) in [6, 6.07) is 0. The smallest absolute Gasteiger partial charge is 0.407 e. The highest BCUT2D eigenvalue weighted by molar-refractivity contribution is 5.67. The summed E-state index contributed by atoms with van der Waals surface area (Å²) in [7, 11) is 0. The van der Waals surface area contributed by atoms with Gasteiger partial charge in [-0.2, -0.15) is 0 Å². The lowest BCUT2D eigenvalue weighted by Gasteiger charge is -2.42. The van der Waals surface area contributed by atoms with Crippen molar-refractivity contribution in [3.8, 4) is 0 Å². The van der Waals surface area contributed by atoms with E-state index in [9.17, 15) is 4.79 Å². The molecule has 2 N–H and O–H groups in total. The van der Waals surface area contributed by atoms with Crippen LogP contribution in [0.25, 0.3) is 0 Å². The molecule has 2 atom stereocenters. The van der Waals surface area contributed by atoms with Gasteiger partial charge in [0.2, 0.25) is 0 Å². The van der Waals surface area contributed by atoms with Crippen LogP contribution in [0.5, 0.6) is 0 Å². The van der Waals surface area contributed by atoms with Gasteiger partial charge < -0.3 is 15.4 Å². The van der Waals surface area contributed by atoms with E-state index in [2.05, 4.69) is 10.6 Å². The number of carbonyl (C=O) groups excluding carboxylic acids is 1. The Morgan fingerprint density at radius 2 is 2.05 bits per heavy atom. The fraction of sp³-hybridized carbons (Fsp3) is 0.938. The minimum Gasteiger partial charge on any atom is -0.444 e. The summed E-state index contributed by atoms with van der Waals surface area (Å²) in [5, 5.41) is 6.43. The third kappa shape index (κ3) is 4.65. The first-order valence-corrected chi connectivity index (χ1v) is 8.13. The molecule has 2 fully saturated rings. The van der Waals surface area contributed by atoms with Crippen LogP contribution in [0.3, 0.4) is 0 Å². The van der Waals surface area contributed by atoms with Crippen LogP contribution >= 0.6 is 0 Å². The third-order valence-electron chi connectivity index (χ3n) is 4.62. The Morgan fingerprint density at radius 1 is 1.30 bits per heavy atom. The minimum atomic E-state index is -0.409. The summed E-state index contributed by atoms with van der Waals surface area (Å²) in [6.07, 6.45) is 6.26. The van der Waals surface area contributed by atoms with Gasteiger partial charge in [-0.15, -0.1) is 0 Å². The van der Waals surface area contributed by atoms with Crippen LogP contribution in [0.4, 0.5) is 4.79 Å². The Morgan fingerprint density at radius 3 is 2.65 bits per heavy atom. The zero-order valence-electron chi connectivity index (χ0n) is 13.2. The van der Waals surface area contributed by atoms with Crippen LogP contribution in [0.2, 0.25) is 0 Å². The van der Waals surface area contributed by atoms with E-state index in [1.165, 1.54) is 32.2 Å². The number of hydrogen-bond acceptors (Lipinski definition) is 3. The van der Waals surface area contributed by atoms with Gasteiger partial charge in [-0.1, -0.05) is 19.3 Å². The van der Waals surface area contributed by atoms with Crippen LogP contribution in [0, 0.1) is 17.8 Å². The van der Waals surface area contributed by atoms with Gasteiger partial charge in [-0.3, -0.25) is 0 Å². The molecule has 1 saturated carbocycles. The number of amides is 1. The molecular formula is C16H30N2O2. The fourth-order valence-electron chi connectivity index (χ4n) is 3.39. The molecule has 0 spiro atoms. The number of piperidine rings is 1. The Kier molecular flexibility index (Phi) is 5.30. The van der Waals surface area contributed by atoms with Gasteiger partial charge in [0.25, 0.3) is 0 Å². The quantitative estimate of drug-likeness (QED) is 0.833. The molecule has 0 radical (unpaired) electrons. The zero-order chi connectivity index (χ0) is 14.6. The Labute approximate surface area is 123 Å². The monoisotopic (exact) mass is 282 g/mol. The number of nitrogens with one attached hydrogen (secondary N) is 2. The fourth-order valence-corrected chi connectivity index (χ4v) is 3.39. The molecule has 2 unspecified atom stereocenters. The molecule has 1 saturated heterocycles. The molecule has 4 nitrogen and oxygen atoms in total. The molecule has 0 aromatic heterocycles. The predicted octanol–water partition coefficient (Wildman–Crippen LogP) is 2.93. The average molecular weight is 282 g/mol. The molecule has 0 aromatic rings. The molecule has 20 heavy (non-hydrogen) atoms. The molecule has 116 valence electrons. The second kappa shape index (κ2) is 6.79. The van der Waals surface area contributed by atoms with Crippen LogP contribution < -0.4 is 10.6 Å². The number of rotatable bonds is 4. The lowest BCUT2D eigenvalue weighted by Crippen LogP contribution is -2.43. The van der Waals surface area contributed by atoms with Crippen LogP contribution in [0.1, 0.15) is 52.9 Å². The Bertz CT molecular complexity index is 321. The molecule has 2 aliphatic rings. The van der Waals surface area contributed by atoms with E-state index in [0.717, 1.165) is 37.3 Å². The second-order valence-electron chi connectivity index (χ2n) is 7.33. The van der Waals surface area contributed by atoms with Crippen LogP contribution in [-0.2, 0) is 4.74 Å². The van der Waals surface area contributed by atoms with E-state index < -0.39 is 5.60 Å². The van der Waals surface area contributed by atoms with Crippen molar-refractivity contribution < 1.29 is 9.53 Å². The summed E-state index contributed by atoms with van der Waals surface area (Å²) >= 11 is 0. The maximum absolute atomic E-state index is 11.6. The lowest BCUT2D eigenvalue weighted by molar-refractivity contribution is 0.0514. The van der Waals surface area contributed by atoms with Gasteiger partial charge in [-0.05, 0) is 64.5 Å². The number of hydrogen-bond donors (Lipinski definition) is 2. The van der Waals surface area contributed by atoms with E-state index in [0.29, 0.717) is 0 Å². The average Bonchev–Trinajstić information content (AvgIpc) is 2.26. The number of carbonyl (C=O) groups is 1. The molecule has 0 bridgehead atoms. The van der Waals surface area contributed by atoms with E-state index >= 15 is 0 Å². The second-order valence-corrected chi connectivity index (χ2v) is 7.33. The van der Waals surface area contributed by atoms with Crippen molar-refractivity contribution in [3.05, 3.63) is 0 Å². The van der Waals surface area contributed by atoms with Crippen molar-refractivity contribution in [1.82, 2.24) is 10.6 Å². The molecule has 4 heteroatoms. The first kappa shape index (κ1) is 15.6. The Balaban J connectivity index is 1.70. The maximum atomic E-state index is 11.6. The van der Waals surface area contributed by atoms with Gasteiger partial charge in [0.15, 0.2) is 0 Å². The largest absolute Gasteiger partial charge is 0.444 e. The van der Waals surface area contributed by atoms with E-state index in [1.807, 2.05) is 20.8 Å². The van der Waals surface area contributed by atoms with Crippen LogP contribution in [-0.4, -0.2) is 31.3 Å². The van der Waals surface area contributed by atoms with Crippen molar-refractivity contribution in [2.24, 2.45) is 17.8 Å². The molecule has 1 aliphatic carbocycles. The van der Waals surface area contributed by atoms with Crippen LogP contribution in [0.15, 0.2) is 0 Å². The van der Waals surface area contributed by atoms with Crippen molar-refractivity contribution in [1.29, 1.82) is 0 Å². The predicted molar refractivity (Wildman–Crippen MR) is 80.7 cm³/mol.